The number of carbonyl (C=O) groups is 1. The van der Waals surface area contributed by atoms with Crippen LogP contribution in [0.4, 0.5) is 0 Å². The van der Waals surface area contributed by atoms with E-state index in [1.807, 2.05) is 30.2 Å². The predicted molar refractivity (Wildman–Crippen MR) is 79.2 cm³/mol. The lowest BCUT2D eigenvalue weighted by Gasteiger charge is -2.26. The van der Waals surface area contributed by atoms with Crippen molar-refractivity contribution < 1.29 is 9.53 Å². The number of carbonyl (C=O) groups excluding carboxylic acids is 1. The molecule has 0 aliphatic heterocycles. The Kier molecular flexibility index (Phi) is 6.89. The van der Waals surface area contributed by atoms with Crippen molar-refractivity contribution in [1.29, 1.82) is 0 Å². The van der Waals surface area contributed by atoms with E-state index in [1.54, 1.807) is 18.4 Å². The van der Waals surface area contributed by atoms with Gasteiger partial charge in [-0.25, -0.2) is 0 Å². The van der Waals surface area contributed by atoms with E-state index >= 15 is 0 Å². The van der Waals surface area contributed by atoms with Gasteiger partial charge in [0.1, 0.15) is 0 Å². The molecule has 0 aliphatic rings. The van der Waals surface area contributed by atoms with Gasteiger partial charge < -0.3 is 9.64 Å². The predicted octanol–water partition coefficient (Wildman–Crippen LogP) is 3.14. The molecule has 3 nitrogen and oxygen atoms in total. The fourth-order valence-corrected chi connectivity index (χ4v) is 2.53. The summed E-state index contributed by atoms with van der Waals surface area (Å²) in [5, 5.41) is 2.03. The number of amides is 1. The molecule has 0 fully saturated rings. The Labute approximate surface area is 121 Å². The lowest BCUT2D eigenvalue weighted by Crippen LogP contribution is -2.39. The van der Waals surface area contributed by atoms with Crippen molar-refractivity contribution >= 4 is 33.2 Å². The maximum absolute atomic E-state index is 12.3. The fraction of sp³-hybridized carbons (Fsp3) is 0.615. The molecule has 0 aromatic carbocycles. The molecule has 1 aromatic rings. The summed E-state index contributed by atoms with van der Waals surface area (Å²) < 4.78 is 5.08. The largest absolute Gasteiger partial charge is 0.383 e. The molecule has 0 bridgehead atoms. The molecule has 0 saturated carbocycles. The van der Waals surface area contributed by atoms with Gasteiger partial charge in [-0.2, -0.15) is 0 Å². The lowest BCUT2D eigenvalue weighted by molar-refractivity contribution is -0.132. The minimum Gasteiger partial charge on any atom is -0.383 e. The van der Waals surface area contributed by atoms with Crippen LogP contribution in [0.15, 0.2) is 17.5 Å². The number of hydrogen-bond donors (Lipinski definition) is 0. The molecule has 1 atom stereocenters. The molecule has 1 unspecified atom stereocenters. The maximum atomic E-state index is 12.3. The molecule has 1 heterocycles. The maximum Gasteiger partial charge on any atom is 0.237 e. The Bertz CT molecular complexity index is 354. The van der Waals surface area contributed by atoms with Gasteiger partial charge >= 0.3 is 0 Å². The van der Waals surface area contributed by atoms with Gasteiger partial charge in [0.05, 0.1) is 18.0 Å². The Morgan fingerprint density at radius 2 is 2.28 bits per heavy atom. The summed E-state index contributed by atoms with van der Waals surface area (Å²) in [5.74, 6) is 0.418. The van der Waals surface area contributed by atoms with Crippen LogP contribution in [0.2, 0.25) is 0 Å². The van der Waals surface area contributed by atoms with E-state index in [2.05, 4.69) is 22.0 Å². The summed E-state index contributed by atoms with van der Waals surface area (Å²) >= 11 is 5.15. The second-order valence-electron chi connectivity index (χ2n) is 4.48. The first-order valence-corrected chi connectivity index (χ1v) is 7.80. The summed E-state index contributed by atoms with van der Waals surface area (Å²) in [5.41, 5.74) is 0. The van der Waals surface area contributed by atoms with Crippen molar-refractivity contribution in [2.45, 2.75) is 25.2 Å². The van der Waals surface area contributed by atoms with Crippen molar-refractivity contribution in [3.8, 4) is 0 Å². The quantitative estimate of drug-likeness (QED) is 0.717. The van der Waals surface area contributed by atoms with Gasteiger partial charge in [0.15, 0.2) is 0 Å². The third-order valence-corrected chi connectivity index (χ3v) is 4.94. The molecule has 1 amide bonds. The number of hydrogen-bond acceptors (Lipinski definition) is 3. The van der Waals surface area contributed by atoms with Crippen LogP contribution in [0.25, 0.3) is 0 Å². The number of rotatable bonds is 7. The number of thiophene rings is 1. The molecule has 5 heteroatoms. The Morgan fingerprint density at radius 3 is 2.78 bits per heavy atom. The third kappa shape index (κ3) is 4.71. The second kappa shape index (κ2) is 7.92. The van der Waals surface area contributed by atoms with Crippen LogP contribution in [0, 0.1) is 5.92 Å². The lowest BCUT2D eigenvalue weighted by atomic mass is 10.1. The van der Waals surface area contributed by atoms with Crippen molar-refractivity contribution in [2.75, 3.05) is 20.3 Å². The van der Waals surface area contributed by atoms with E-state index in [0.717, 1.165) is 0 Å². The molecule has 0 radical (unpaired) electrons. The number of ether oxygens (including phenoxy) is 1. The summed E-state index contributed by atoms with van der Waals surface area (Å²) in [7, 11) is 1.65. The van der Waals surface area contributed by atoms with Crippen molar-refractivity contribution in [1.82, 2.24) is 4.90 Å². The normalized spacial score (nSPS) is 12.7. The topological polar surface area (TPSA) is 29.5 Å². The molecular weight excluding hydrogens is 314 g/mol. The van der Waals surface area contributed by atoms with Crippen LogP contribution in [-0.2, 0) is 16.1 Å². The van der Waals surface area contributed by atoms with E-state index in [4.69, 9.17) is 4.74 Å². The minimum absolute atomic E-state index is 0.130. The highest BCUT2D eigenvalue weighted by Crippen LogP contribution is 2.18. The minimum atomic E-state index is -0.130. The standard InChI is InChI=1S/C13H20BrNO2S/c1-10(2)12(14)13(16)15(6-7-17-3)9-11-5-4-8-18-11/h4-5,8,10,12H,6-7,9H2,1-3H3. The Balaban J connectivity index is 2.68. The van der Waals surface area contributed by atoms with Gasteiger partial charge in [-0.1, -0.05) is 35.8 Å². The first-order valence-electron chi connectivity index (χ1n) is 6.00. The van der Waals surface area contributed by atoms with Crippen molar-refractivity contribution in [3.63, 3.8) is 0 Å². The van der Waals surface area contributed by atoms with Crippen LogP contribution in [0.1, 0.15) is 18.7 Å². The molecule has 1 rings (SSSR count). The summed E-state index contributed by atoms with van der Waals surface area (Å²) in [6.07, 6.45) is 0. The van der Waals surface area contributed by atoms with Gasteiger partial charge in [0, 0.05) is 18.5 Å². The van der Waals surface area contributed by atoms with E-state index in [-0.39, 0.29) is 16.7 Å². The second-order valence-corrected chi connectivity index (χ2v) is 6.50. The number of halogens is 1. The van der Waals surface area contributed by atoms with E-state index in [1.165, 1.54) is 4.88 Å². The average Bonchev–Trinajstić information content (AvgIpc) is 2.85. The van der Waals surface area contributed by atoms with Crippen LogP contribution < -0.4 is 0 Å². The molecule has 18 heavy (non-hydrogen) atoms. The molecule has 0 aliphatic carbocycles. The molecule has 102 valence electrons. The molecule has 0 N–H and O–H groups in total. The van der Waals surface area contributed by atoms with Gasteiger partial charge in [-0.05, 0) is 17.4 Å². The van der Waals surface area contributed by atoms with Gasteiger partial charge in [0.25, 0.3) is 0 Å². The molecule has 0 saturated heterocycles. The van der Waals surface area contributed by atoms with Crippen LogP contribution in [-0.4, -0.2) is 35.9 Å². The van der Waals surface area contributed by atoms with Gasteiger partial charge in [-0.15, -0.1) is 11.3 Å². The zero-order valence-corrected chi connectivity index (χ0v) is 13.5. The smallest absolute Gasteiger partial charge is 0.237 e. The first kappa shape index (κ1) is 15.7. The number of methoxy groups -OCH3 is 1. The van der Waals surface area contributed by atoms with Gasteiger partial charge in [-0.3, -0.25) is 4.79 Å². The SMILES string of the molecule is COCCN(Cc1cccs1)C(=O)C(Br)C(C)C. The summed E-state index contributed by atoms with van der Waals surface area (Å²) in [4.78, 5) is 15.3. The highest BCUT2D eigenvalue weighted by molar-refractivity contribution is 9.10. The van der Waals surface area contributed by atoms with Crippen molar-refractivity contribution in [3.05, 3.63) is 22.4 Å². The first-order chi connectivity index (χ1) is 8.56. The molecule has 1 aromatic heterocycles. The highest BCUT2D eigenvalue weighted by atomic mass is 79.9. The molecule has 0 spiro atoms. The number of alkyl halides is 1. The fourth-order valence-electron chi connectivity index (χ4n) is 1.52. The Hall–Kier alpha value is -0.390. The molecular formula is C13H20BrNO2S. The summed E-state index contributed by atoms with van der Waals surface area (Å²) in [6, 6.07) is 4.06. The van der Waals surface area contributed by atoms with Gasteiger partial charge in [0.2, 0.25) is 5.91 Å². The summed E-state index contributed by atoms with van der Waals surface area (Å²) in [6.45, 7) is 5.93. The third-order valence-electron chi connectivity index (χ3n) is 2.63. The van der Waals surface area contributed by atoms with E-state index < -0.39 is 0 Å². The Morgan fingerprint density at radius 1 is 1.56 bits per heavy atom. The zero-order valence-electron chi connectivity index (χ0n) is 11.1. The van der Waals surface area contributed by atoms with Crippen LogP contribution in [0.5, 0.6) is 0 Å². The monoisotopic (exact) mass is 333 g/mol. The van der Waals surface area contributed by atoms with Crippen molar-refractivity contribution in [2.24, 2.45) is 5.92 Å². The van der Waals surface area contributed by atoms with Crippen LogP contribution in [0.3, 0.4) is 0 Å². The highest BCUT2D eigenvalue weighted by Gasteiger charge is 2.24. The number of nitrogens with zero attached hydrogens (tertiary/aromatic N) is 1. The zero-order chi connectivity index (χ0) is 13.5. The van der Waals surface area contributed by atoms with E-state index in [9.17, 15) is 4.79 Å². The van der Waals surface area contributed by atoms with E-state index in [0.29, 0.717) is 19.7 Å². The average molecular weight is 334 g/mol. The van der Waals surface area contributed by atoms with Crippen LogP contribution >= 0.6 is 27.3 Å².